The third kappa shape index (κ3) is 3.32. The largest absolute Gasteiger partial charge is 0.344 e. The summed E-state index contributed by atoms with van der Waals surface area (Å²) >= 11 is 0. The molecule has 8 heteroatoms. The fraction of sp³-hybridized carbons (Fsp3) is 0.0833. The highest BCUT2D eigenvalue weighted by molar-refractivity contribution is 7.90. The molecule has 0 radical (unpaired) electrons. The summed E-state index contributed by atoms with van der Waals surface area (Å²) in [5, 5.41) is 28.5. The van der Waals surface area contributed by atoms with Crippen LogP contribution in [0.1, 0.15) is 0 Å². The summed E-state index contributed by atoms with van der Waals surface area (Å²) < 4.78 is 36.3. The highest BCUT2D eigenvalue weighted by atomic mass is 32.2. The Bertz CT molecular complexity index is 791. The van der Waals surface area contributed by atoms with Crippen LogP contribution in [0.4, 0.5) is 10.1 Å². The summed E-state index contributed by atoms with van der Waals surface area (Å²) in [5.41, 5.74) is -1.20. The maximum atomic E-state index is 13.2. The van der Waals surface area contributed by atoms with E-state index >= 15 is 0 Å². The van der Waals surface area contributed by atoms with Crippen molar-refractivity contribution >= 4 is 15.5 Å². The second kappa shape index (κ2) is 5.83. The van der Waals surface area contributed by atoms with Crippen LogP contribution in [0.15, 0.2) is 34.4 Å². The van der Waals surface area contributed by atoms with E-state index in [9.17, 15) is 12.8 Å². The number of sulfone groups is 1. The van der Waals surface area contributed by atoms with E-state index in [4.69, 9.17) is 15.8 Å². The van der Waals surface area contributed by atoms with Crippen molar-refractivity contribution in [3.63, 3.8) is 0 Å². The molecule has 100 valence electrons. The van der Waals surface area contributed by atoms with Crippen molar-refractivity contribution in [2.45, 2.75) is 4.90 Å². The Hall–Kier alpha value is -2.89. The predicted octanol–water partition coefficient (Wildman–Crippen LogP) is 1.47. The molecule has 0 heterocycles. The molecule has 6 nitrogen and oxygen atoms in total. The first-order valence-electron chi connectivity index (χ1n) is 5.04. The van der Waals surface area contributed by atoms with Gasteiger partial charge in [-0.25, -0.2) is 12.8 Å². The number of hydrogen-bond acceptors (Lipinski definition) is 6. The highest BCUT2D eigenvalue weighted by Crippen LogP contribution is 2.24. The molecule has 0 aliphatic heterocycles. The topological polar surface area (TPSA) is 118 Å². The molecular weight excluding hydrogens is 283 g/mol. The van der Waals surface area contributed by atoms with Gasteiger partial charge in [0.1, 0.15) is 29.7 Å². The monoisotopic (exact) mass is 290 g/mol. The number of halogens is 1. The van der Waals surface area contributed by atoms with Crippen LogP contribution >= 0.6 is 0 Å². The molecule has 20 heavy (non-hydrogen) atoms. The number of nitrogens with one attached hydrogen (secondary N) is 1. The number of rotatable bonds is 3. The molecule has 1 N–H and O–H groups in total. The lowest BCUT2D eigenvalue weighted by Crippen LogP contribution is -2.07. The maximum Gasteiger partial charge on any atom is 0.177 e. The van der Waals surface area contributed by atoms with Crippen molar-refractivity contribution in [3.05, 3.63) is 35.3 Å². The summed E-state index contributed by atoms with van der Waals surface area (Å²) in [4.78, 5) is -0.248. The van der Waals surface area contributed by atoms with Gasteiger partial charge in [-0.3, -0.25) is 0 Å². The molecule has 1 aromatic carbocycles. The number of nitrogens with zero attached hydrogens (tertiary/aromatic N) is 3. The van der Waals surface area contributed by atoms with Crippen molar-refractivity contribution in [1.29, 1.82) is 15.8 Å². The maximum absolute atomic E-state index is 13.2. The van der Waals surface area contributed by atoms with E-state index in [0.29, 0.717) is 0 Å². The molecule has 0 amide bonds. The average Bonchev–Trinajstić information content (AvgIpc) is 2.37. The summed E-state index contributed by atoms with van der Waals surface area (Å²) in [6.07, 6.45) is 0.913. The SMILES string of the molecule is CS(=O)(=O)c1ccc(F)cc1NC(C#N)=C(C#N)C#N. The van der Waals surface area contributed by atoms with Crippen molar-refractivity contribution in [3.8, 4) is 18.2 Å². The van der Waals surface area contributed by atoms with Crippen molar-refractivity contribution < 1.29 is 12.8 Å². The van der Waals surface area contributed by atoms with E-state index in [1.54, 1.807) is 6.07 Å². The summed E-state index contributed by atoms with van der Waals surface area (Å²) in [6, 6.07) is 7.37. The van der Waals surface area contributed by atoms with E-state index in [-0.39, 0.29) is 10.6 Å². The molecule has 0 aromatic heterocycles. The molecule has 1 aromatic rings. The number of allylic oxidation sites excluding steroid dienone is 2. The zero-order chi connectivity index (χ0) is 15.3. The summed E-state index contributed by atoms with van der Waals surface area (Å²) in [6.45, 7) is 0. The fourth-order valence-electron chi connectivity index (χ4n) is 1.34. The van der Waals surface area contributed by atoms with Crippen LogP contribution in [0.25, 0.3) is 0 Å². The van der Waals surface area contributed by atoms with E-state index in [0.717, 1.165) is 24.5 Å². The van der Waals surface area contributed by atoms with Crippen molar-refractivity contribution in [2.24, 2.45) is 0 Å². The van der Waals surface area contributed by atoms with Gasteiger partial charge in [-0.1, -0.05) is 0 Å². The van der Waals surface area contributed by atoms with Gasteiger partial charge >= 0.3 is 0 Å². The first-order valence-corrected chi connectivity index (χ1v) is 6.93. The van der Waals surface area contributed by atoms with Gasteiger partial charge in [0.25, 0.3) is 0 Å². The Morgan fingerprint density at radius 3 is 2.25 bits per heavy atom. The first-order chi connectivity index (χ1) is 9.33. The first kappa shape index (κ1) is 15.2. The van der Waals surface area contributed by atoms with Crippen LogP contribution in [0.3, 0.4) is 0 Å². The number of anilines is 1. The van der Waals surface area contributed by atoms with Gasteiger partial charge < -0.3 is 5.32 Å². The van der Waals surface area contributed by atoms with Gasteiger partial charge in [0.2, 0.25) is 0 Å². The molecule has 0 saturated carbocycles. The lowest BCUT2D eigenvalue weighted by atomic mass is 10.2. The molecule has 0 aliphatic carbocycles. The van der Waals surface area contributed by atoms with E-state index < -0.39 is 26.9 Å². The average molecular weight is 290 g/mol. The van der Waals surface area contributed by atoms with Crippen LogP contribution < -0.4 is 5.32 Å². The van der Waals surface area contributed by atoms with Crippen LogP contribution in [0, 0.1) is 39.8 Å². The van der Waals surface area contributed by atoms with E-state index in [1.807, 2.05) is 0 Å². The highest BCUT2D eigenvalue weighted by Gasteiger charge is 2.16. The molecule has 0 saturated heterocycles. The lowest BCUT2D eigenvalue weighted by molar-refractivity contribution is 0.601. The van der Waals surface area contributed by atoms with Crippen LogP contribution in [0.5, 0.6) is 0 Å². The summed E-state index contributed by atoms with van der Waals surface area (Å²) in [7, 11) is -3.67. The van der Waals surface area contributed by atoms with Gasteiger partial charge in [0.05, 0.1) is 10.6 Å². The second-order valence-electron chi connectivity index (χ2n) is 3.62. The predicted molar refractivity (Wildman–Crippen MR) is 67.0 cm³/mol. The van der Waals surface area contributed by atoms with Gasteiger partial charge in [0.15, 0.2) is 15.4 Å². The molecule has 0 atom stereocenters. The van der Waals surface area contributed by atoms with Gasteiger partial charge in [-0.2, -0.15) is 15.8 Å². The Morgan fingerprint density at radius 1 is 1.20 bits per heavy atom. The Kier molecular flexibility index (Phi) is 4.42. The van der Waals surface area contributed by atoms with E-state index in [1.165, 1.54) is 12.1 Å². The molecule has 1 rings (SSSR count). The van der Waals surface area contributed by atoms with Gasteiger partial charge in [-0.15, -0.1) is 0 Å². The zero-order valence-corrected chi connectivity index (χ0v) is 11.0. The quantitative estimate of drug-likeness (QED) is 0.665. The Balaban J connectivity index is 3.48. The molecule has 0 spiro atoms. The second-order valence-corrected chi connectivity index (χ2v) is 5.61. The van der Waals surface area contributed by atoms with Gasteiger partial charge in [0, 0.05) is 6.26 Å². The summed E-state index contributed by atoms with van der Waals surface area (Å²) in [5.74, 6) is -0.729. The van der Waals surface area contributed by atoms with Crippen molar-refractivity contribution in [2.75, 3.05) is 11.6 Å². The third-order valence-corrected chi connectivity index (χ3v) is 3.34. The Morgan fingerprint density at radius 2 is 1.80 bits per heavy atom. The third-order valence-electron chi connectivity index (χ3n) is 2.19. The number of nitriles is 3. The minimum Gasteiger partial charge on any atom is -0.344 e. The minimum absolute atomic E-state index is 0.216. The molecule has 0 fully saturated rings. The minimum atomic E-state index is -3.67. The standard InChI is InChI=1S/C12H7FN4O2S/c1-20(18,19)12-3-2-9(13)4-10(12)17-11(7-16)8(5-14)6-15/h2-4,17H,1H3. The van der Waals surface area contributed by atoms with Crippen molar-refractivity contribution in [1.82, 2.24) is 0 Å². The van der Waals surface area contributed by atoms with E-state index in [2.05, 4.69) is 5.32 Å². The normalized spacial score (nSPS) is 9.75. The molecule has 0 aliphatic rings. The smallest absolute Gasteiger partial charge is 0.177 e. The fourth-order valence-corrected chi connectivity index (χ4v) is 2.17. The zero-order valence-electron chi connectivity index (χ0n) is 10.2. The van der Waals surface area contributed by atoms with Crippen LogP contribution in [0.2, 0.25) is 0 Å². The molecule has 0 unspecified atom stereocenters. The Labute approximate surface area is 114 Å². The number of benzene rings is 1. The lowest BCUT2D eigenvalue weighted by Gasteiger charge is -2.09. The molecular formula is C12H7FN4O2S. The van der Waals surface area contributed by atoms with Crippen LogP contribution in [-0.2, 0) is 9.84 Å². The van der Waals surface area contributed by atoms with Crippen LogP contribution in [-0.4, -0.2) is 14.7 Å². The number of hydrogen-bond donors (Lipinski definition) is 1. The van der Waals surface area contributed by atoms with Gasteiger partial charge in [-0.05, 0) is 18.2 Å². The molecule has 0 bridgehead atoms.